The summed E-state index contributed by atoms with van der Waals surface area (Å²) in [4.78, 5) is 18.3. The highest BCUT2D eigenvalue weighted by molar-refractivity contribution is 7.99. The summed E-state index contributed by atoms with van der Waals surface area (Å²) in [6, 6.07) is 7.85. The molecule has 0 saturated heterocycles. The Kier molecular flexibility index (Phi) is 5.31. The zero-order valence-corrected chi connectivity index (χ0v) is 11.5. The van der Waals surface area contributed by atoms with E-state index in [9.17, 15) is 10.1 Å². The van der Waals surface area contributed by atoms with Crippen LogP contribution >= 0.6 is 11.8 Å². The molecule has 7 heteroatoms. The Morgan fingerprint density at radius 1 is 1.20 bits per heavy atom. The number of rotatable bonds is 7. The molecule has 0 aliphatic heterocycles. The normalized spacial score (nSPS) is 10.2. The fourth-order valence-electron chi connectivity index (χ4n) is 1.44. The fraction of sp³-hybridized carbons (Fsp3) is 0.231. The van der Waals surface area contributed by atoms with Gasteiger partial charge in [0.05, 0.1) is 11.5 Å². The number of nitro groups is 1. The number of benzene rings is 1. The van der Waals surface area contributed by atoms with Gasteiger partial charge in [-0.2, -0.15) is 0 Å². The maximum absolute atomic E-state index is 10.5. The SMILES string of the molecule is O=[N+]([O-])c1ccc(OCCCSc2ncccn2)cc1. The predicted octanol–water partition coefficient (Wildman–Crippen LogP) is 2.95. The van der Waals surface area contributed by atoms with Gasteiger partial charge in [-0.05, 0) is 24.6 Å². The average Bonchev–Trinajstić information content (AvgIpc) is 2.48. The molecule has 20 heavy (non-hydrogen) atoms. The van der Waals surface area contributed by atoms with Crippen LogP contribution in [-0.4, -0.2) is 27.3 Å². The summed E-state index contributed by atoms with van der Waals surface area (Å²) in [6.07, 6.45) is 4.27. The van der Waals surface area contributed by atoms with Gasteiger partial charge in [0, 0.05) is 30.3 Å². The Morgan fingerprint density at radius 2 is 1.90 bits per heavy atom. The lowest BCUT2D eigenvalue weighted by Crippen LogP contribution is -1.99. The highest BCUT2D eigenvalue weighted by atomic mass is 32.2. The summed E-state index contributed by atoms with van der Waals surface area (Å²) in [5, 5.41) is 11.2. The standard InChI is InChI=1S/C13H13N3O3S/c17-16(18)11-3-5-12(6-4-11)19-9-2-10-20-13-14-7-1-8-15-13/h1,3-8H,2,9-10H2. The van der Waals surface area contributed by atoms with Gasteiger partial charge < -0.3 is 4.74 Å². The number of thioether (sulfide) groups is 1. The molecule has 0 unspecified atom stereocenters. The van der Waals surface area contributed by atoms with Crippen LogP contribution in [0, 0.1) is 10.1 Å². The van der Waals surface area contributed by atoms with Crippen molar-refractivity contribution in [2.75, 3.05) is 12.4 Å². The van der Waals surface area contributed by atoms with E-state index in [1.165, 1.54) is 12.1 Å². The van der Waals surface area contributed by atoms with E-state index in [1.54, 1.807) is 42.4 Å². The Morgan fingerprint density at radius 3 is 2.55 bits per heavy atom. The minimum atomic E-state index is -0.430. The summed E-state index contributed by atoms with van der Waals surface area (Å²) in [5.41, 5.74) is 0.0640. The minimum Gasteiger partial charge on any atom is -0.494 e. The lowest BCUT2D eigenvalue weighted by atomic mass is 10.3. The van der Waals surface area contributed by atoms with Crippen LogP contribution in [0.1, 0.15) is 6.42 Å². The molecule has 0 fully saturated rings. The van der Waals surface area contributed by atoms with E-state index in [4.69, 9.17) is 4.74 Å². The molecule has 0 N–H and O–H groups in total. The second-order valence-corrected chi connectivity index (χ2v) is 4.89. The van der Waals surface area contributed by atoms with E-state index in [0.717, 1.165) is 17.3 Å². The third kappa shape index (κ3) is 4.51. The molecule has 0 bridgehead atoms. The molecule has 6 nitrogen and oxygen atoms in total. The zero-order valence-electron chi connectivity index (χ0n) is 10.6. The van der Waals surface area contributed by atoms with Gasteiger partial charge in [0.15, 0.2) is 5.16 Å². The molecule has 1 heterocycles. The molecular weight excluding hydrogens is 278 g/mol. The Bertz CT molecular complexity index is 549. The third-order valence-corrected chi connectivity index (χ3v) is 3.34. The number of hydrogen-bond donors (Lipinski definition) is 0. The van der Waals surface area contributed by atoms with Crippen molar-refractivity contribution in [1.29, 1.82) is 0 Å². The van der Waals surface area contributed by atoms with Crippen molar-refractivity contribution in [3.05, 3.63) is 52.8 Å². The van der Waals surface area contributed by atoms with E-state index < -0.39 is 4.92 Å². The largest absolute Gasteiger partial charge is 0.494 e. The van der Waals surface area contributed by atoms with Crippen molar-refractivity contribution in [1.82, 2.24) is 9.97 Å². The molecule has 0 atom stereocenters. The van der Waals surface area contributed by atoms with Crippen molar-refractivity contribution in [3.8, 4) is 5.75 Å². The van der Waals surface area contributed by atoms with Gasteiger partial charge in [0.1, 0.15) is 5.75 Å². The molecule has 1 aromatic carbocycles. The second-order valence-electron chi connectivity index (χ2n) is 3.83. The topological polar surface area (TPSA) is 78.2 Å². The van der Waals surface area contributed by atoms with Crippen molar-refractivity contribution < 1.29 is 9.66 Å². The second kappa shape index (κ2) is 7.44. The number of hydrogen-bond acceptors (Lipinski definition) is 6. The van der Waals surface area contributed by atoms with E-state index in [2.05, 4.69) is 9.97 Å². The number of nitro benzene ring substituents is 1. The number of non-ortho nitro benzene ring substituents is 1. The van der Waals surface area contributed by atoms with Crippen LogP contribution in [0.15, 0.2) is 47.9 Å². The van der Waals surface area contributed by atoms with Crippen LogP contribution in [0.2, 0.25) is 0 Å². The quantitative estimate of drug-likeness (QED) is 0.256. The monoisotopic (exact) mass is 291 g/mol. The average molecular weight is 291 g/mol. The molecule has 0 radical (unpaired) electrons. The number of aromatic nitrogens is 2. The van der Waals surface area contributed by atoms with E-state index in [1.807, 2.05) is 0 Å². The van der Waals surface area contributed by atoms with E-state index >= 15 is 0 Å². The maximum Gasteiger partial charge on any atom is 0.269 e. The van der Waals surface area contributed by atoms with Gasteiger partial charge in [-0.3, -0.25) is 10.1 Å². The first kappa shape index (κ1) is 14.3. The molecule has 2 aromatic rings. The molecule has 2 rings (SSSR count). The molecular formula is C13H13N3O3S. The molecule has 0 aliphatic rings. The van der Waals surface area contributed by atoms with Gasteiger partial charge in [-0.1, -0.05) is 11.8 Å². The van der Waals surface area contributed by atoms with Crippen LogP contribution in [0.5, 0.6) is 5.75 Å². The summed E-state index contributed by atoms with van der Waals surface area (Å²) in [7, 11) is 0. The molecule has 1 aromatic heterocycles. The van der Waals surface area contributed by atoms with Crippen LogP contribution in [0.3, 0.4) is 0 Å². The highest BCUT2D eigenvalue weighted by Crippen LogP contribution is 2.18. The van der Waals surface area contributed by atoms with Crippen LogP contribution < -0.4 is 4.74 Å². The van der Waals surface area contributed by atoms with E-state index in [0.29, 0.717) is 12.4 Å². The minimum absolute atomic E-state index is 0.0640. The first-order chi connectivity index (χ1) is 9.75. The molecule has 0 amide bonds. The first-order valence-electron chi connectivity index (χ1n) is 6.03. The van der Waals surface area contributed by atoms with Gasteiger partial charge in [-0.25, -0.2) is 9.97 Å². The summed E-state index contributed by atoms with van der Waals surface area (Å²) in [5.74, 6) is 1.49. The fourth-order valence-corrected chi connectivity index (χ4v) is 2.15. The lowest BCUT2D eigenvalue weighted by molar-refractivity contribution is -0.384. The molecule has 0 saturated carbocycles. The first-order valence-corrected chi connectivity index (χ1v) is 7.01. The van der Waals surface area contributed by atoms with Gasteiger partial charge in [0.25, 0.3) is 5.69 Å². The van der Waals surface area contributed by atoms with Crippen LogP contribution in [0.4, 0.5) is 5.69 Å². The summed E-state index contributed by atoms with van der Waals surface area (Å²) >= 11 is 1.57. The lowest BCUT2D eigenvalue weighted by Gasteiger charge is -2.05. The van der Waals surface area contributed by atoms with Crippen molar-refractivity contribution in [2.45, 2.75) is 11.6 Å². The van der Waals surface area contributed by atoms with Crippen molar-refractivity contribution >= 4 is 17.4 Å². The van der Waals surface area contributed by atoms with Crippen molar-refractivity contribution in [2.24, 2.45) is 0 Å². The third-order valence-electron chi connectivity index (χ3n) is 2.38. The zero-order chi connectivity index (χ0) is 14.2. The Hall–Kier alpha value is -2.15. The van der Waals surface area contributed by atoms with Crippen LogP contribution in [0.25, 0.3) is 0 Å². The molecule has 0 spiro atoms. The molecule has 0 aliphatic carbocycles. The Labute approximate surface area is 120 Å². The van der Waals surface area contributed by atoms with Crippen LogP contribution in [-0.2, 0) is 0 Å². The predicted molar refractivity (Wildman–Crippen MR) is 76.0 cm³/mol. The number of nitrogens with zero attached hydrogens (tertiary/aromatic N) is 3. The summed E-state index contributed by atoms with van der Waals surface area (Å²) in [6.45, 7) is 0.553. The van der Waals surface area contributed by atoms with Gasteiger partial charge in [0.2, 0.25) is 0 Å². The Balaban J connectivity index is 1.67. The summed E-state index contributed by atoms with van der Waals surface area (Å²) < 4.78 is 5.50. The van der Waals surface area contributed by atoms with Gasteiger partial charge in [-0.15, -0.1) is 0 Å². The van der Waals surface area contributed by atoms with Crippen molar-refractivity contribution in [3.63, 3.8) is 0 Å². The highest BCUT2D eigenvalue weighted by Gasteiger charge is 2.04. The molecule has 104 valence electrons. The van der Waals surface area contributed by atoms with E-state index in [-0.39, 0.29) is 5.69 Å². The smallest absolute Gasteiger partial charge is 0.269 e. The maximum atomic E-state index is 10.5. The van der Waals surface area contributed by atoms with Gasteiger partial charge >= 0.3 is 0 Å². The number of ether oxygens (including phenoxy) is 1.